The average molecular weight is 362 g/mol. The van der Waals surface area contributed by atoms with Gasteiger partial charge >= 0.3 is 0 Å². The Morgan fingerprint density at radius 3 is 2.57 bits per heavy atom. The van der Waals surface area contributed by atoms with Crippen LogP contribution in [0.4, 0.5) is 5.69 Å². The number of carbonyl (C=O) groups excluding carboxylic acids is 1. The maximum absolute atomic E-state index is 12.1. The van der Waals surface area contributed by atoms with Gasteiger partial charge in [-0.25, -0.2) is 13.6 Å². The van der Waals surface area contributed by atoms with E-state index in [2.05, 4.69) is 17.6 Å². The van der Waals surface area contributed by atoms with Crippen LogP contribution < -0.4 is 15.8 Å². The lowest BCUT2D eigenvalue weighted by molar-refractivity contribution is -0.117. The van der Waals surface area contributed by atoms with Crippen molar-refractivity contribution in [1.29, 1.82) is 0 Å². The van der Waals surface area contributed by atoms with Gasteiger partial charge in [0.15, 0.2) is 0 Å². The molecule has 2 rings (SSSR count). The van der Waals surface area contributed by atoms with E-state index < -0.39 is 10.0 Å². The Kier molecular flexibility index (Phi) is 7.47. The number of hydrogen-bond donors (Lipinski definition) is 3. The molecule has 1 aromatic carbocycles. The van der Waals surface area contributed by atoms with E-state index in [1.807, 2.05) is 0 Å². The second-order valence-electron chi connectivity index (χ2n) is 5.91. The molecule has 0 aliphatic carbocycles. The zero-order valence-corrected chi connectivity index (χ0v) is 14.8. The lowest BCUT2D eigenvalue weighted by Crippen LogP contribution is -2.34. The van der Waals surface area contributed by atoms with E-state index in [4.69, 9.17) is 5.14 Å². The molecular formula is C15H24ClN3O3S. The van der Waals surface area contributed by atoms with E-state index in [1.54, 1.807) is 12.1 Å². The van der Waals surface area contributed by atoms with E-state index in [1.165, 1.54) is 12.1 Å². The third-order valence-electron chi connectivity index (χ3n) is 4.11. The van der Waals surface area contributed by atoms with Crippen LogP contribution in [0.1, 0.15) is 26.2 Å². The summed E-state index contributed by atoms with van der Waals surface area (Å²) in [6, 6.07) is 5.87. The lowest BCUT2D eigenvalue weighted by Gasteiger charge is -2.28. The standard InChI is InChI=1S/C15H23N3O3S.ClH/c1-11(12-3-2-8-17-10-12)9-15(19)18-13-4-6-14(7-5-13)22(16,20)21;/h4-7,11-12,17H,2-3,8-10H2,1H3,(H,18,19)(H2,16,20,21);1H. The number of nitrogens with two attached hydrogens (primary N) is 1. The van der Waals surface area contributed by atoms with Gasteiger partial charge in [0.1, 0.15) is 0 Å². The van der Waals surface area contributed by atoms with Crippen molar-refractivity contribution in [2.75, 3.05) is 18.4 Å². The first-order valence-corrected chi connectivity index (χ1v) is 9.04. The van der Waals surface area contributed by atoms with Gasteiger partial charge < -0.3 is 10.6 Å². The Balaban J connectivity index is 0.00000264. The van der Waals surface area contributed by atoms with Crippen LogP contribution >= 0.6 is 12.4 Å². The molecule has 0 saturated carbocycles. The molecule has 8 heteroatoms. The zero-order valence-electron chi connectivity index (χ0n) is 13.1. The average Bonchev–Trinajstić information content (AvgIpc) is 2.47. The van der Waals surface area contributed by atoms with Crippen molar-refractivity contribution in [1.82, 2.24) is 5.32 Å². The van der Waals surface area contributed by atoms with Crippen LogP contribution in [0.2, 0.25) is 0 Å². The maximum Gasteiger partial charge on any atom is 0.238 e. The monoisotopic (exact) mass is 361 g/mol. The zero-order chi connectivity index (χ0) is 16.2. The van der Waals surface area contributed by atoms with Crippen molar-refractivity contribution in [3.05, 3.63) is 24.3 Å². The molecule has 2 unspecified atom stereocenters. The van der Waals surface area contributed by atoms with Crippen molar-refractivity contribution < 1.29 is 13.2 Å². The number of primary sulfonamides is 1. The summed E-state index contributed by atoms with van der Waals surface area (Å²) in [6.45, 7) is 4.13. The van der Waals surface area contributed by atoms with Crippen LogP contribution in [0.5, 0.6) is 0 Å². The van der Waals surface area contributed by atoms with Gasteiger partial charge in [0.25, 0.3) is 0 Å². The first-order valence-electron chi connectivity index (χ1n) is 7.49. The molecule has 4 N–H and O–H groups in total. The van der Waals surface area contributed by atoms with Gasteiger partial charge in [-0.2, -0.15) is 0 Å². The number of anilines is 1. The van der Waals surface area contributed by atoms with Gasteiger partial charge in [0.05, 0.1) is 4.90 Å². The summed E-state index contributed by atoms with van der Waals surface area (Å²) < 4.78 is 22.3. The molecule has 1 fully saturated rings. The summed E-state index contributed by atoms with van der Waals surface area (Å²) in [7, 11) is -3.70. The van der Waals surface area contributed by atoms with Gasteiger partial charge in [-0.05, 0) is 62.0 Å². The predicted octanol–water partition coefficient (Wildman–Crippen LogP) is 1.72. The van der Waals surface area contributed by atoms with Crippen LogP contribution in [0.15, 0.2) is 29.2 Å². The Bertz CT molecular complexity index is 613. The Labute approximate surface area is 143 Å². The summed E-state index contributed by atoms with van der Waals surface area (Å²) in [5.41, 5.74) is 0.575. The minimum atomic E-state index is -3.70. The fraction of sp³-hybridized carbons (Fsp3) is 0.533. The summed E-state index contributed by atoms with van der Waals surface area (Å²) in [4.78, 5) is 12.1. The number of benzene rings is 1. The molecular weight excluding hydrogens is 338 g/mol. The number of carbonyl (C=O) groups is 1. The largest absolute Gasteiger partial charge is 0.326 e. The first kappa shape index (κ1) is 19.9. The summed E-state index contributed by atoms with van der Waals surface area (Å²) >= 11 is 0. The molecule has 2 atom stereocenters. The summed E-state index contributed by atoms with van der Waals surface area (Å²) in [5, 5.41) is 11.2. The van der Waals surface area contributed by atoms with Crippen LogP contribution in [-0.2, 0) is 14.8 Å². The van der Waals surface area contributed by atoms with Crippen LogP contribution in [0.3, 0.4) is 0 Å². The molecule has 23 heavy (non-hydrogen) atoms. The molecule has 1 aliphatic heterocycles. The van der Waals surface area contributed by atoms with Crippen molar-refractivity contribution in [2.24, 2.45) is 17.0 Å². The Morgan fingerprint density at radius 2 is 2.04 bits per heavy atom. The molecule has 130 valence electrons. The van der Waals surface area contributed by atoms with E-state index in [0.29, 0.717) is 23.9 Å². The molecule has 1 aromatic rings. The second kappa shape index (κ2) is 8.63. The highest BCUT2D eigenvalue weighted by molar-refractivity contribution is 7.89. The fourth-order valence-corrected chi connectivity index (χ4v) is 3.28. The van der Waals surface area contributed by atoms with E-state index in [-0.39, 0.29) is 23.2 Å². The van der Waals surface area contributed by atoms with Gasteiger partial charge in [-0.1, -0.05) is 6.92 Å². The molecule has 6 nitrogen and oxygen atoms in total. The van der Waals surface area contributed by atoms with Gasteiger partial charge in [-0.15, -0.1) is 12.4 Å². The van der Waals surface area contributed by atoms with E-state index in [9.17, 15) is 13.2 Å². The number of amides is 1. The number of hydrogen-bond acceptors (Lipinski definition) is 4. The quantitative estimate of drug-likeness (QED) is 0.743. The number of rotatable bonds is 5. The fourth-order valence-electron chi connectivity index (χ4n) is 2.76. The highest BCUT2D eigenvalue weighted by atomic mass is 35.5. The summed E-state index contributed by atoms with van der Waals surface area (Å²) in [6.07, 6.45) is 2.78. The smallest absolute Gasteiger partial charge is 0.238 e. The Hall–Kier alpha value is -1.15. The minimum absolute atomic E-state index is 0. The molecule has 0 radical (unpaired) electrons. The molecule has 0 spiro atoms. The van der Waals surface area contributed by atoms with Gasteiger partial charge in [0, 0.05) is 12.1 Å². The number of sulfonamides is 1. The Morgan fingerprint density at radius 1 is 1.39 bits per heavy atom. The topological polar surface area (TPSA) is 101 Å². The van der Waals surface area contributed by atoms with Crippen LogP contribution in [0.25, 0.3) is 0 Å². The number of piperidine rings is 1. The second-order valence-corrected chi connectivity index (χ2v) is 7.47. The predicted molar refractivity (Wildman–Crippen MR) is 93.1 cm³/mol. The van der Waals surface area contributed by atoms with E-state index in [0.717, 1.165) is 25.9 Å². The molecule has 1 saturated heterocycles. The molecule has 0 aromatic heterocycles. The number of halogens is 1. The van der Waals surface area contributed by atoms with Crippen molar-refractivity contribution in [3.63, 3.8) is 0 Å². The minimum Gasteiger partial charge on any atom is -0.326 e. The SMILES string of the molecule is CC(CC(=O)Nc1ccc(S(N)(=O)=O)cc1)C1CCCNC1.Cl. The lowest BCUT2D eigenvalue weighted by atomic mass is 9.85. The molecule has 0 bridgehead atoms. The van der Waals surface area contributed by atoms with Crippen molar-refractivity contribution in [3.8, 4) is 0 Å². The van der Waals surface area contributed by atoms with Crippen molar-refractivity contribution in [2.45, 2.75) is 31.1 Å². The van der Waals surface area contributed by atoms with Gasteiger partial charge in [0.2, 0.25) is 15.9 Å². The first-order chi connectivity index (χ1) is 10.4. The molecule has 1 amide bonds. The molecule has 1 heterocycles. The van der Waals surface area contributed by atoms with Gasteiger partial charge in [-0.3, -0.25) is 4.79 Å². The molecule has 1 aliphatic rings. The normalized spacial score (nSPS) is 19.5. The van der Waals surface area contributed by atoms with Crippen LogP contribution in [0, 0.1) is 11.8 Å². The van der Waals surface area contributed by atoms with Crippen LogP contribution in [-0.4, -0.2) is 27.4 Å². The van der Waals surface area contributed by atoms with Crippen molar-refractivity contribution >= 4 is 34.0 Å². The van der Waals surface area contributed by atoms with E-state index >= 15 is 0 Å². The maximum atomic E-state index is 12.1. The number of nitrogens with one attached hydrogen (secondary N) is 2. The highest BCUT2D eigenvalue weighted by Crippen LogP contribution is 2.23. The third-order valence-corrected chi connectivity index (χ3v) is 5.04. The third kappa shape index (κ3) is 6.10. The highest BCUT2D eigenvalue weighted by Gasteiger charge is 2.22. The summed E-state index contributed by atoms with van der Waals surface area (Å²) in [5.74, 6) is 0.794.